The van der Waals surface area contributed by atoms with Gasteiger partial charge in [-0.2, -0.15) is 0 Å². The first-order chi connectivity index (χ1) is 7.23. The molecule has 1 saturated heterocycles. The molecule has 0 aromatic carbocycles. The van der Waals surface area contributed by atoms with Gasteiger partial charge in [-0.1, -0.05) is 0 Å². The Bertz CT molecular complexity index is 296. The van der Waals surface area contributed by atoms with E-state index < -0.39 is 11.5 Å². The topological polar surface area (TPSA) is 83.6 Å². The molecule has 0 saturated carbocycles. The Morgan fingerprint density at radius 3 is 2.38 bits per heavy atom. The molecule has 0 aromatic heterocycles. The monoisotopic (exact) mass is 228 g/mol. The summed E-state index contributed by atoms with van der Waals surface area (Å²) >= 11 is 0. The third-order valence-corrected chi connectivity index (χ3v) is 3.04. The van der Waals surface area contributed by atoms with Crippen LogP contribution in [0.4, 0.5) is 0 Å². The molecule has 0 aromatic rings. The van der Waals surface area contributed by atoms with Gasteiger partial charge in [-0.05, 0) is 33.6 Å². The molecule has 1 aliphatic rings. The van der Waals surface area contributed by atoms with Crippen LogP contribution in [0.2, 0.25) is 0 Å². The Morgan fingerprint density at radius 1 is 1.44 bits per heavy atom. The maximum absolute atomic E-state index is 12.0. The van der Waals surface area contributed by atoms with Crippen LogP contribution >= 0.6 is 0 Å². The number of piperidine rings is 1. The molecule has 1 fully saturated rings. The second-order valence-corrected chi connectivity index (χ2v) is 5.13. The van der Waals surface area contributed by atoms with Gasteiger partial charge in [0, 0.05) is 12.6 Å². The summed E-state index contributed by atoms with van der Waals surface area (Å²) in [5.41, 5.74) is 4.87. The molecule has 92 valence electrons. The van der Waals surface area contributed by atoms with Gasteiger partial charge in [0.1, 0.15) is 0 Å². The van der Waals surface area contributed by atoms with Crippen LogP contribution in [-0.2, 0) is 9.59 Å². The number of nitrogens with two attached hydrogens (primary N) is 1. The summed E-state index contributed by atoms with van der Waals surface area (Å²) in [4.78, 5) is 24.5. The highest BCUT2D eigenvalue weighted by Crippen LogP contribution is 2.24. The highest BCUT2D eigenvalue weighted by atomic mass is 16.4. The number of aliphatic carboxylic acids is 1. The fourth-order valence-corrected chi connectivity index (χ4v) is 2.07. The summed E-state index contributed by atoms with van der Waals surface area (Å²) in [6.07, 6.45) is 1.03. The number of hydrogen-bond donors (Lipinski definition) is 2. The van der Waals surface area contributed by atoms with Crippen LogP contribution in [0.3, 0.4) is 0 Å². The normalized spacial score (nSPS) is 26.6. The van der Waals surface area contributed by atoms with Gasteiger partial charge >= 0.3 is 5.97 Å². The number of nitrogens with zero attached hydrogens (tertiary/aromatic N) is 1. The van der Waals surface area contributed by atoms with Crippen LogP contribution < -0.4 is 5.73 Å². The molecular formula is C11H20N2O3. The van der Waals surface area contributed by atoms with Gasteiger partial charge in [0.05, 0.1) is 11.5 Å². The minimum atomic E-state index is -0.885. The molecule has 1 heterocycles. The summed E-state index contributed by atoms with van der Waals surface area (Å²) in [5.74, 6) is -1.21. The molecule has 2 unspecified atom stereocenters. The van der Waals surface area contributed by atoms with Crippen LogP contribution in [-0.4, -0.2) is 40.0 Å². The Balaban J connectivity index is 2.68. The van der Waals surface area contributed by atoms with E-state index in [4.69, 9.17) is 10.8 Å². The number of likely N-dealkylation sites (tertiary alicyclic amines) is 1. The van der Waals surface area contributed by atoms with Crippen molar-refractivity contribution in [3.05, 3.63) is 0 Å². The van der Waals surface area contributed by atoms with Crippen LogP contribution in [0.5, 0.6) is 0 Å². The second kappa shape index (κ2) is 4.41. The molecule has 1 rings (SSSR count). The van der Waals surface area contributed by atoms with Gasteiger partial charge in [0.2, 0.25) is 5.91 Å². The minimum absolute atomic E-state index is 0.0508. The minimum Gasteiger partial charge on any atom is -0.481 e. The molecule has 0 radical (unpaired) electrons. The van der Waals surface area contributed by atoms with Gasteiger partial charge in [0.25, 0.3) is 0 Å². The molecule has 0 aliphatic carbocycles. The zero-order valence-corrected chi connectivity index (χ0v) is 10.1. The Labute approximate surface area is 95.6 Å². The number of rotatable bonds is 2. The predicted molar refractivity (Wildman–Crippen MR) is 59.8 cm³/mol. The molecule has 1 amide bonds. The Morgan fingerprint density at radius 2 is 2.00 bits per heavy atom. The molecule has 0 bridgehead atoms. The first kappa shape index (κ1) is 13.0. The maximum Gasteiger partial charge on any atom is 0.306 e. The third-order valence-electron chi connectivity index (χ3n) is 3.04. The van der Waals surface area contributed by atoms with E-state index in [1.807, 2.05) is 6.92 Å². The standard InChI is InChI=1S/C11H20N2O3/c1-7-6-8(9(14)15)4-5-13(7)10(16)11(2,3)12/h7-8H,4-6,12H2,1-3H3,(H,14,15). The van der Waals surface area contributed by atoms with Gasteiger partial charge in [-0.3, -0.25) is 9.59 Å². The zero-order valence-electron chi connectivity index (χ0n) is 10.1. The fraction of sp³-hybridized carbons (Fsp3) is 0.818. The lowest BCUT2D eigenvalue weighted by atomic mass is 9.90. The summed E-state index contributed by atoms with van der Waals surface area (Å²) in [5, 5.41) is 8.91. The lowest BCUT2D eigenvalue weighted by Gasteiger charge is -2.39. The number of carboxylic acid groups (broad SMARTS) is 1. The van der Waals surface area contributed by atoms with E-state index in [0.29, 0.717) is 19.4 Å². The van der Waals surface area contributed by atoms with E-state index in [1.165, 1.54) is 0 Å². The van der Waals surface area contributed by atoms with Crippen LogP contribution in [0.15, 0.2) is 0 Å². The Hall–Kier alpha value is -1.10. The average molecular weight is 228 g/mol. The van der Waals surface area contributed by atoms with Crippen molar-refractivity contribution in [2.45, 2.75) is 45.2 Å². The van der Waals surface area contributed by atoms with Crippen molar-refractivity contribution in [3.8, 4) is 0 Å². The summed E-state index contributed by atoms with van der Waals surface area (Å²) in [6.45, 7) is 5.70. The van der Waals surface area contributed by atoms with Gasteiger partial charge in [0.15, 0.2) is 0 Å². The molecule has 0 spiro atoms. The molecular weight excluding hydrogens is 208 g/mol. The van der Waals surface area contributed by atoms with Gasteiger partial charge in [-0.25, -0.2) is 0 Å². The number of hydrogen-bond acceptors (Lipinski definition) is 3. The number of carboxylic acids is 1. The lowest BCUT2D eigenvalue weighted by Crippen LogP contribution is -2.56. The largest absolute Gasteiger partial charge is 0.481 e. The van der Waals surface area contributed by atoms with Crippen LogP contribution in [0.25, 0.3) is 0 Å². The van der Waals surface area contributed by atoms with Gasteiger partial charge in [-0.15, -0.1) is 0 Å². The molecule has 3 N–H and O–H groups in total. The van der Waals surface area contributed by atoms with Crippen molar-refractivity contribution in [2.75, 3.05) is 6.54 Å². The summed E-state index contributed by atoms with van der Waals surface area (Å²) < 4.78 is 0. The van der Waals surface area contributed by atoms with Crippen molar-refractivity contribution in [1.82, 2.24) is 4.90 Å². The second-order valence-electron chi connectivity index (χ2n) is 5.13. The van der Waals surface area contributed by atoms with E-state index in [2.05, 4.69) is 0 Å². The lowest BCUT2D eigenvalue weighted by molar-refractivity contribution is -0.149. The smallest absolute Gasteiger partial charge is 0.306 e. The molecule has 16 heavy (non-hydrogen) atoms. The SMILES string of the molecule is CC1CC(C(=O)O)CCN1C(=O)C(C)(C)N. The first-order valence-electron chi connectivity index (χ1n) is 5.56. The predicted octanol–water partition coefficient (Wildman–Crippen LogP) is 0.435. The van der Waals surface area contributed by atoms with Gasteiger partial charge < -0.3 is 15.7 Å². The maximum atomic E-state index is 12.0. The number of carbonyl (C=O) groups is 2. The zero-order chi connectivity index (χ0) is 12.5. The highest BCUT2D eigenvalue weighted by Gasteiger charge is 2.36. The van der Waals surface area contributed by atoms with E-state index in [-0.39, 0.29) is 17.9 Å². The van der Waals surface area contributed by atoms with E-state index in [0.717, 1.165) is 0 Å². The van der Waals surface area contributed by atoms with Crippen molar-refractivity contribution in [2.24, 2.45) is 11.7 Å². The quantitative estimate of drug-likeness (QED) is 0.718. The molecule has 5 nitrogen and oxygen atoms in total. The van der Waals surface area contributed by atoms with Crippen molar-refractivity contribution < 1.29 is 14.7 Å². The molecule has 2 atom stereocenters. The first-order valence-corrected chi connectivity index (χ1v) is 5.56. The molecule has 5 heteroatoms. The number of amides is 1. The highest BCUT2D eigenvalue weighted by molar-refractivity contribution is 5.85. The molecule has 1 aliphatic heterocycles. The van der Waals surface area contributed by atoms with Crippen molar-refractivity contribution >= 4 is 11.9 Å². The van der Waals surface area contributed by atoms with Crippen LogP contribution in [0.1, 0.15) is 33.6 Å². The number of carbonyl (C=O) groups excluding carboxylic acids is 1. The third kappa shape index (κ3) is 2.72. The van der Waals surface area contributed by atoms with Crippen molar-refractivity contribution in [3.63, 3.8) is 0 Å². The van der Waals surface area contributed by atoms with E-state index in [1.54, 1.807) is 18.7 Å². The summed E-state index contributed by atoms with van der Waals surface area (Å²) in [7, 11) is 0. The fourth-order valence-electron chi connectivity index (χ4n) is 2.07. The van der Waals surface area contributed by atoms with E-state index >= 15 is 0 Å². The summed E-state index contributed by atoms with van der Waals surface area (Å²) in [6, 6.07) is -0.0508. The Kier molecular flexibility index (Phi) is 3.57. The van der Waals surface area contributed by atoms with Crippen LogP contribution in [0, 0.1) is 5.92 Å². The average Bonchev–Trinajstić information content (AvgIpc) is 2.15. The van der Waals surface area contributed by atoms with E-state index in [9.17, 15) is 9.59 Å². The van der Waals surface area contributed by atoms with Crippen molar-refractivity contribution in [1.29, 1.82) is 0 Å².